The summed E-state index contributed by atoms with van der Waals surface area (Å²) >= 11 is 0. The molecule has 0 fully saturated rings. The number of oxazole rings is 1. The van der Waals surface area contributed by atoms with E-state index in [4.69, 9.17) is 9.40 Å². The minimum Gasteiger partial charge on any atom is -0.507 e. The van der Waals surface area contributed by atoms with Crippen LogP contribution in [0.15, 0.2) is 120 Å². The number of hydrogen-bond donors (Lipinski definition) is 1. The van der Waals surface area contributed by atoms with Gasteiger partial charge in [-0.25, -0.2) is 4.98 Å². The normalized spacial score (nSPS) is 11.6. The number of pyridine rings is 1. The van der Waals surface area contributed by atoms with Crippen molar-refractivity contribution in [2.75, 3.05) is 0 Å². The van der Waals surface area contributed by atoms with Crippen LogP contribution in [-0.4, -0.2) is 15.1 Å². The molecule has 4 aromatic carbocycles. The van der Waals surface area contributed by atoms with Gasteiger partial charge >= 0.3 is 0 Å². The van der Waals surface area contributed by atoms with Crippen LogP contribution >= 0.6 is 0 Å². The second-order valence-electron chi connectivity index (χ2n) is 9.69. The fourth-order valence-corrected chi connectivity index (χ4v) is 4.80. The smallest absolute Gasteiger partial charge is 0.231 e. The number of rotatable bonds is 5. The molecule has 4 nitrogen and oxygen atoms in total. The summed E-state index contributed by atoms with van der Waals surface area (Å²) in [5.41, 5.74) is 7.87. The van der Waals surface area contributed by atoms with Gasteiger partial charge in [-0.2, -0.15) is 0 Å². The summed E-state index contributed by atoms with van der Waals surface area (Å²) in [7, 11) is 0. The third-order valence-corrected chi connectivity index (χ3v) is 7.00. The molecule has 0 aliphatic carbocycles. The Balaban J connectivity index is 1.39. The summed E-state index contributed by atoms with van der Waals surface area (Å²) < 4.78 is 6.14. The average molecular weight is 483 g/mol. The highest BCUT2D eigenvalue weighted by Crippen LogP contribution is 2.39. The summed E-state index contributed by atoms with van der Waals surface area (Å²) in [6.45, 7) is 4.31. The van der Waals surface area contributed by atoms with Gasteiger partial charge in [0.05, 0.1) is 11.3 Å². The van der Waals surface area contributed by atoms with Gasteiger partial charge in [0.1, 0.15) is 11.3 Å². The predicted molar refractivity (Wildman–Crippen MR) is 148 cm³/mol. The number of aromatic nitrogens is 2. The van der Waals surface area contributed by atoms with Crippen molar-refractivity contribution in [1.29, 1.82) is 0 Å². The first-order chi connectivity index (χ1) is 18.0. The topological polar surface area (TPSA) is 59.2 Å². The summed E-state index contributed by atoms with van der Waals surface area (Å²) in [4.78, 5) is 9.31. The Kier molecular flexibility index (Phi) is 5.57. The minimum absolute atomic E-state index is 0.145. The number of phenols is 1. The quantitative estimate of drug-likeness (QED) is 0.269. The largest absolute Gasteiger partial charge is 0.507 e. The van der Waals surface area contributed by atoms with E-state index in [9.17, 15) is 5.11 Å². The summed E-state index contributed by atoms with van der Waals surface area (Å²) in [5, 5.41) is 11.0. The van der Waals surface area contributed by atoms with E-state index in [0.717, 1.165) is 33.5 Å². The SMILES string of the molecule is CC(C)(c1ccccc1)c1ccc(-c2nc3c(-c4cccc(-c5ccccn5)c4)cccc3o2)c(O)c1. The van der Waals surface area contributed by atoms with E-state index in [0.29, 0.717) is 17.0 Å². The van der Waals surface area contributed by atoms with Gasteiger partial charge in [-0.15, -0.1) is 0 Å². The van der Waals surface area contributed by atoms with Gasteiger partial charge in [0.15, 0.2) is 5.58 Å². The highest BCUT2D eigenvalue weighted by Gasteiger charge is 2.25. The molecule has 4 heteroatoms. The Morgan fingerprint density at radius 2 is 1.46 bits per heavy atom. The molecule has 0 saturated heterocycles. The molecule has 0 aliphatic heterocycles. The molecule has 0 radical (unpaired) electrons. The number of benzene rings is 4. The predicted octanol–water partition coefficient (Wildman–Crippen LogP) is 8.26. The molecule has 0 aliphatic rings. The molecule has 0 amide bonds. The molecule has 6 rings (SSSR count). The summed E-state index contributed by atoms with van der Waals surface area (Å²) in [5.74, 6) is 0.539. The molecule has 37 heavy (non-hydrogen) atoms. The van der Waals surface area contributed by atoms with E-state index in [1.54, 1.807) is 6.20 Å². The number of phenolic OH excluding ortho intramolecular Hbond substituents is 1. The van der Waals surface area contributed by atoms with Crippen LogP contribution in [0.1, 0.15) is 25.0 Å². The number of hydrogen-bond acceptors (Lipinski definition) is 4. The third kappa shape index (κ3) is 4.17. The molecule has 0 saturated carbocycles. The Morgan fingerprint density at radius 3 is 2.24 bits per heavy atom. The molecule has 0 bridgehead atoms. The number of para-hydroxylation sites is 1. The zero-order chi connectivity index (χ0) is 25.4. The van der Waals surface area contributed by atoms with Crippen LogP contribution in [0.4, 0.5) is 0 Å². The molecule has 6 aromatic rings. The lowest BCUT2D eigenvalue weighted by Gasteiger charge is -2.26. The number of nitrogens with zero attached hydrogens (tertiary/aromatic N) is 2. The van der Waals surface area contributed by atoms with Gasteiger partial charge in [-0.3, -0.25) is 4.98 Å². The lowest BCUT2D eigenvalue weighted by Crippen LogP contribution is -2.18. The number of fused-ring (bicyclic) bond motifs is 1. The standard InChI is InChI=1S/C33H26N2O2/c1-33(2,24-12-4-3-5-13-24)25-17-18-27(29(36)21-25)32-35-31-26(14-9-16-30(31)37-32)22-10-8-11-23(20-22)28-15-6-7-19-34-28/h3-21,36H,1-2H3. The fraction of sp³-hybridized carbons (Fsp3) is 0.0909. The highest BCUT2D eigenvalue weighted by molar-refractivity contribution is 5.93. The molecule has 2 aromatic heterocycles. The maximum atomic E-state index is 11.0. The number of aromatic hydroxyl groups is 1. The second kappa shape index (κ2) is 9.07. The molecule has 0 spiro atoms. The first-order valence-corrected chi connectivity index (χ1v) is 12.3. The van der Waals surface area contributed by atoms with Crippen molar-refractivity contribution in [3.8, 4) is 39.6 Å². The summed E-state index contributed by atoms with van der Waals surface area (Å²) in [6.07, 6.45) is 1.80. The first-order valence-electron chi connectivity index (χ1n) is 12.3. The molecule has 180 valence electrons. The van der Waals surface area contributed by atoms with Crippen LogP contribution in [0.3, 0.4) is 0 Å². The average Bonchev–Trinajstić information content (AvgIpc) is 3.38. The van der Waals surface area contributed by atoms with Crippen molar-refractivity contribution in [3.05, 3.63) is 127 Å². The van der Waals surface area contributed by atoms with Crippen LogP contribution in [-0.2, 0) is 5.41 Å². The van der Waals surface area contributed by atoms with Gasteiger partial charge in [0.25, 0.3) is 0 Å². The molecular formula is C33H26N2O2. The van der Waals surface area contributed by atoms with Crippen molar-refractivity contribution in [2.24, 2.45) is 0 Å². The van der Waals surface area contributed by atoms with Gasteiger partial charge < -0.3 is 9.52 Å². The minimum atomic E-state index is -0.260. The van der Waals surface area contributed by atoms with E-state index < -0.39 is 0 Å². The second-order valence-corrected chi connectivity index (χ2v) is 9.69. The Morgan fingerprint density at radius 1 is 0.676 bits per heavy atom. The van der Waals surface area contributed by atoms with Gasteiger partial charge in [-0.05, 0) is 53.1 Å². The van der Waals surface area contributed by atoms with E-state index in [-0.39, 0.29) is 11.2 Å². The first kappa shape index (κ1) is 22.7. The van der Waals surface area contributed by atoms with E-state index in [1.165, 1.54) is 5.56 Å². The van der Waals surface area contributed by atoms with Gasteiger partial charge in [-0.1, -0.05) is 86.6 Å². The van der Waals surface area contributed by atoms with Gasteiger partial charge in [0, 0.05) is 22.7 Å². The van der Waals surface area contributed by atoms with E-state index in [2.05, 4.69) is 49.2 Å². The van der Waals surface area contributed by atoms with Crippen molar-refractivity contribution < 1.29 is 9.52 Å². The Bertz CT molecular complexity index is 1700. The van der Waals surface area contributed by atoms with Crippen LogP contribution in [0.2, 0.25) is 0 Å². The van der Waals surface area contributed by atoms with Crippen LogP contribution in [0.5, 0.6) is 5.75 Å². The fourth-order valence-electron chi connectivity index (χ4n) is 4.80. The Labute approximate surface area is 215 Å². The molecule has 0 atom stereocenters. The van der Waals surface area contributed by atoms with Crippen LogP contribution < -0.4 is 0 Å². The van der Waals surface area contributed by atoms with Crippen molar-refractivity contribution in [2.45, 2.75) is 19.3 Å². The van der Waals surface area contributed by atoms with Crippen LogP contribution in [0.25, 0.3) is 44.9 Å². The zero-order valence-electron chi connectivity index (χ0n) is 20.7. The van der Waals surface area contributed by atoms with E-state index in [1.807, 2.05) is 78.9 Å². The highest BCUT2D eigenvalue weighted by atomic mass is 16.3. The lowest BCUT2D eigenvalue weighted by molar-refractivity contribution is 0.471. The lowest BCUT2D eigenvalue weighted by atomic mass is 9.78. The Hall–Kier alpha value is -4.70. The molecule has 1 N–H and O–H groups in total. The molecular weight excluding hydrogens is 456 g/mol. The summed E-state index contributed by atoms with van der Waals surface area (Å²) in [6, 6.07) is 36.1. The molecule has 2 heterocycles. The maximum absolute atomic E-state index is 11.0. The van der Waals surface area contributed by atoms with E-state index >= 15 is 0 Å². The zero-order valence-corrected chi connectivity index (χ0v) is 20.7. The van der Waals surface area contributed by atoms with Crippen molar-refractivity contribution >= 4 is 11.1 Å². The maximum Gasteiger partial charge on any atom is 0.231 e. The molecule has 0 unspecified atom stereocenters. The third-order valence-electron chi connectivity index (χ3n) is 7.00. The van der Waals surface area contributed by atoms with Gasteiger partial charge in [0.2, 0.25) is 5.89 Å². The monoisotopic (exact) mass is 482 g/mol. The van der Waals surface area contributed by atoms with Crippen molar-refractivity contribution in [1.82, 2.24) is 9.97 Å². The van der Waals surface area contributed by atoms with Crippen molar-refractivity contribution in [3.63, 3.8) is 0 Å². The van der Waals surface area contributed by atoms with Crippen LogP contribution in [0, 0.1) is 0 Å².